The van der Waals surface area contributed by atoms with Crippen LogP contribution < -0.4 is 5.32 Å². The molecule has 1 aliphatic rings. The second kappa shape index (κ2) is 8.52. The molecule has 1 fully saturated rings. The molecule has 1 N–H and O–H groups in total. The van der Waals surface area contributed by atoms with Gasteiger partial charge in [-0.3, -0.25) is 4.90 Å². The van der Waals surface area contributed by atoms with Crippen LogP contribution in [0.1, 0.15) is 37.8 Å². The molecule has 1 aliphatic heterocycles. The Bertz CT molecular complexity index is 393. The summed E-state index contributed by atoms with van der Waals surface area (Å²) in [5, 5.41) is 3.60. The first-order chi connectivity index (χ1) is 10.2. The summed E-state index contributed by atoms with van der Waals surface area (Å²) in [6, 6.07) is 12.1. The van der Waals surface area contributed by atoms with Gasteiger partial charge in [0.15, 0.2) is 0 Å². The summed E-state index contributed by atoms with van der Waals surface area (Å²) in [6.07, 6.45) is 3.88. The normalized spacial score (nSPS) is 21.0. The number of likely N-dealkylation sites (N-methyl/N-ethyl adjacent to an activating group) is 2. The highest BCUT2D eigenvalue weighted by Gasteiger charge is 2.25. The Hall–Kier alpha value is -0.900. The Morgan fingerprint density at radius 1 is 1.33 bits per heavy atom. The lowest BCUT2D eigenvalue weighted by Gasteiger charge is -2.33. The van der Waals surface area contributed by atoms with Crippen molar-refractivity contribution in [1.29, 1.82) is 0 Å². The average Bonchev–Trinajstić information content (AvgIpc) is 2.90. The zero-order valence-electron chi connectivity index (χ0n) is 13.9. The van der Waals surface area contributed by atoms with Crippen LogP contribution in [0.4, 0.5) is 0 Å². The van der Waals surface area contributed by atoms with Gasteiger partial charge in [0, 0.05) is 25.2 Å². The summed E-state index contributed by atoms with van der Waals surface area (Å²) >= 11 is 0. The Labute approximate surface area is 130 Å². The van der Waals surface area contributed by atoms with Crippen molar-refractivity contribution in [2.75, 3.05) is 40.3 Å². The van der Waals surface area contributed by atoms with Crippen LogP contribution in [0.2, 0.25) is 0 Å². The minimum atomic E-state index is 0.465. The maximum absolute atomic E-state index is 3.60. The number of hydrogen-bond donors (Lipinski definition) is 1. The van der Waals surface area contributed by atoms with E-state index in [1.165, 1.54) is 31.4 Å². The van der Waals surface area contributed by atoms with Gasteiger partial charge in [-0.1, -0.05) is 37.3 Å². The van der Waals surface area contributed by atoms with E-state index in [0.717, 1.165) is 19.6 Å². The largest absolute Gasteiger partial charge is 0.315 e. The molecule has 0 saturated carbocycles. The minimum Gasteiger partial charge on any atom is -0.315 e. The molecule has 3 heteroatoms. The fourth-order valence-corrected chi connectivity index (χ4v) is 3.29. The highest BCUT2D eigenvalue weighted by molar-refractivity contribution is 5.19. The van der Waals surface area contributed by atoms with Gasteiger partial charge < -0.3 is 10.2 Å². The molecular weight excluding hydrogens is 258 g/mol. The molecule has 118 valence electrons. The van der Waals surface area contributed by atoms with Crippen LogP contribution in [0.15, 0.2) is 30.3 Å². The van der Waals surface area contributed by atoms with Crippen LogP contribution in [0, 0.1) is 0 Å². The first kappa shape index (κ1) is 16.5. The molecule has 1 saturated heterocycles. The summed E-state index contributed by atoms with van der Waals surface area (Å²) in [6.45, 7) is 6.76. The van der Waals surface area contributed by atoms with Crippen molar-refractivity contribution >= 4 is 0 Å². The fourth-order valence-electron chi connectivity index (χ4n) is 3.29. The third-order valence-corrected chi connectivity index (χ3v) is 4.65. The van der Waals surface area contributed by atoms with Crippen LogP contribution in [-0.4, -0.2) is 56.1 Å². The van der Waals surface area contributed by atoms with Crippen LogP contribution in [0.3, 0.4) is 0 Å². The predicted molar refractivity (Wildman–Crippen MR) is 90.6 cm³/mol. The fraction of sp³-hybridized carbons (Fsp3) is 0.667. The van der Waals surface area contributed by atoms with Crippen molar-refractivity contribution in [1.82, 2.24) is 15.1 Å². The van der Waals surface area contributed by atoms with E-state index in [4.69, 9.17) is 0 Å². The summed E-state index contributed by atoms with van der Waals surface area (Å²) in [4.78, 5) is 5.04. The van der Waals surface area contributed by atoms with Gasteiger partial charge in [-0.2, -0.15) is 0 Å². The van der Waals surface area contributed by atoms with Gasteiger partial charge in [-0.15, -0.1) is 0 Å². The molecule has 0 bridgehead atoms. The third kappa shape index (κ3) is 4.80. The van der Waals surface area contributed by atoms with E-state index in [2.05, 4.69) is 66.5 Å². The molecule has 1 aromatic carbocycles. The van der Waals surface area contributed by atoms with Gasteiger partial charge in [0.05, 0.1) is 0 Å². The summed E-state index contributed by atoms with van der Waals surface area (Å²) in [7, 11) is 4.54. The number of likely N-dealkylation sites (tertiary alicyclic amines) is 1. The third-order valence-electron chi connectivity index (χ3n) is 4.65. The lowest BCUT2D eigenvalue weighted by molar-refractivity contribution is 0.174. The maximum atomic E-state index is 3.60. The van der Waals surface area contributed by atoms with E-state index >= 15 is 0 Å². The molecule has 2 atom stereocenters. The molecule has 21 heavy (non-hydrogen) atoms. The lowest BCUT2D eigenvalue weighted by atomic mass is 10.0. The molecule has 1 aromatic rings. The van der Waals surface area contributed by atoms with Crippen molar-refractivity contribution in [2.45, 2.75) is 38.3 Å². The SMILES string of the molecule is CCCNCC(c1ccccc1)N(C)CC1CCCN1C. The molecule has 2 rings (SSSR count). The van der Waals surface area contributed by atoms with E-state index in [1.807, 2.05) is 0 Å². The molecule has 1 heterocycles. The first-order valence-electron chi connectivity index (χ1n) is 8.38. The van der Waals surface area contributed by atoms with Crippen LogP contribution in [-0.2, 0) is 0 Å². The summed E-state index contributed by atoms with van der Waals surface area (Å²) in [5.74, 6) is 0. The molecule has 3 nitrogen and oxygen atoms in total. The number of benzene rings is 1. The zero-order valence-corrected chi connectivity index (χ0v) is 13.9. The average molecular weight is 289 g/mol. The zero-order chi connectivity index (χ0) is 15.1. The highest BCUT2D eigenvalue weighted by atomic mass is 15.2. The Balaban J connectivity index is 1.99. The Morgan fingerprint density at radius 3 is 2.71 bits per heavy atom. The van der Waals surface area contributed by atoms with Crippen LogP contribution in [0.25, 0.3) is 0 Å². The number of hydrogen-bond acceptors (Lipinski definition) is 3. The minimum absolute atomic E-state index is 0.465. The Kier molecular flexibility index (Phi) is 6.68. The molecule has 0 radical (unpaired) electrons. The summed E-state index contributed by atoms with van der Waals surface area (Å²) in [5.41, 5.74) is 1.42. The summed E-state index contributed by atoms with van der Waals surface area (Å²) < 4.78 is 0. The van der Waals surface area contributed by atoms with E-state index in [-0.39, 0.29) is 0 Å². The van der Waals surface area contributed by atoms with Gasteiger partial charge in [0.1, 0.15) is 0 Å². The van der Waals surface area contributed by atoms with Crippen LogP contribution in [0.5, 0.6) is 0 Å². The highest BCUT2D eigenvalue weighted by Crippen LogP contribution is 2.22. The topological polar surface area (TPSA) is 18.5 Å². The molecule has 0 spiro atoms. The van der Waals surface area contributed by atoms with E-state index in [9.17, 15) is 0 Å². The van der Waals surface area contributed by atoms with Gasteiger partial charge >= 0.3 is 0 Å². The molecule has 0 aromatic heterocycles. The second-order valence-corrected chi connectivity index (χ2v) is 6.35. The van der Waals surface area contributed by atoms with E-state index in [0.29, 0.717) is 12.1 Å². The van der Waals surface area contributed by atoms with Gasteiger partial charge in [-0.05, 0) is 52.0 Å². The second-order valence-electron chi connectivity index (χ2n) is 6.35. The smallest absolute Gasteiger partial charge is 0.0470 e. The van der Waals surface area contributed by atoms with Gasteiger partial charge in [-0.25, -0.2) is 0 Å². The van der Waals surface area contributed by atoms with Crippen molar-refractivity contribution < 1.29 is 0 Å². The van der Waals surface area contributed by atoms with Crippen molar-refractivity contribution in [3.63, 3.8) is 0 Å². The molecule has 2 unspecified atom stereocenters. The Morgan fingerprint density at radius 2 is 2.10 bits per heavy atom. The van der Waals surface area contributed by atoms with Gasteiger partial charge in [0.2, 0.25) is 0 Å². The van der Waals surface area contributed by atoms with Crippen molar-refractivity contribution in [3.05, 3.63) is 35.9 Å². The number of nitrogens with zero attached hydrogens (tertiary/aromatic N) is 2. The number of nitrogens with one attached hydrogen (secondary N) is 1. The number of rotatable bonds is 8. The van der Waals surface area contributed by atoms with Crippen molar-refractivity contribution in [3.8, 4) is 0 Å². The van der Waals surface area contributed by atoms with Crippen LogP contribution >= 0.6 is 0 Å². The van der Waals surface area contributed by atoms with Crippen molar-refractivity contribution in [2.24, 2.45) is 0 Å². The monoisotopic (exact) mass is 289 g/mol. The predicted octanol–water partition coefficient (Wildman–Crippen LogP) is 2.75. The molecule has 0 aliphatic carbocycles. The quantitative estimate of drug-likeness (QED) is 0.742. The standard InChI is InChI=1S/C18H31N3/c1-4-12-19-14-18(16-9-6-5-7-10-16)21(3)15-17-11-8-13-20(17)2/h5-7,9-10,17-19H,4,8,11-15H2,1-3H3. The maximum Gasteiger partial charge on any atom is 0.0470 e. The lowest BCUT2D eigenvalue weighted by Crippen LogP contribution is -2.41. The molecule has 0 amide bonds. The molecular formula is C18H31N3. The van der Waals surface area contributed by atoms with E-state index in [1.54, 1.807) is 0 Å². The van der Waals surface area contributed by atoms with Gasteiger partial charge in [0.25, 0.3) is 0 Å². The first-order valence-corrected chi connectivity index (χ1v) is 8.38. The van der Waals surface area contributed by atoms with E-state index < -0.39 is 0 Å².